The number of aromatic nitrogens is 2. The van der Waals surface area contributed by atoms with E-state index in [1.165, 1.54) is 0 Å². The Morgan fingerprint density at radius 3 is 2.70 bits per heavy atom. The summed E-state index contributed by atoms with van der Waals surface area (Å²) in [6.45, 7) is 1.69. The number of rotatable bonds is 4. The number of nitrogens with one attached hydrogen (secondary N) is 1. The third-order valence-corrected chi connectivity index (χ3v) is 3.27. The van der Waals surface area contributed by atoms with Crippen LogP contribution in [0.5, 0.6) is 0 Å². The molecule has 1 heterocycles. The molecule has 2 aromatic rings. The molecule has 5 nitrogen and oxygen atoms in total. The Morgan fingerprint density at radius 2 is 2.10 bits per heavy atom. The molecule has 0 fully saturated rings. The summed E-state index contributed by atoms with van der Waals surface area (Å²) in [5.41, 5.74) is 1.22. The molecule has 0 amide bonds. The number of carbonyl (C=O) groups is 1. The maximum Gasteiger partial charge on any atom is 0.303 e. The molecule has 0 radical (unpaired) electrons. The standard InChI is InChI=1S/C14H13ClN2O3/c1-8-9(6-7-12(18)19)14(20)17-13(16-8)10-4-2-3-5-11(10)15/h2-5H,6-7H2,1H3,(H,18,19)(H,16,17,20). The molecule has 2 N–H and O–H groups in total. The highest BCUT2D eigenvalue weighted by molar-refractivity contribution is 6.33. The zero-order valence-corrected chi connectivity index (χ0v) is 11.6. The van der Waals surface area contributed by atoms with Crippen molar-refractivity contribution in [2.45, 2.75) is 19.8 Å². The van der Waals surface area contributed by atoms with Crippen molar-refractivity contribution in [3.05, 3.63) is 50.9 Å². The predicted molar refractivity (Wildman–Crippen MR) is 76.0 cm³/mol. The summed E-state index contributed by atoms with van der Waals surface area (Å²) < 4.78 is 0. The van der Waals surface area contributed by atoms with Gasteiger partial charge in [0.05, 0.1) is 5.02 Å². The van der Waals surface area contributed by atoms with Gasteiger partial charge in [-0.2, -0.15) is 0 Å². The Labute approximate surface area is 120 Å². The Morgan fingerprint density at radius 1 is 1.40 bits per heavy atom. The van der Waals surface area contributed by atoms with Crippen LogP contribution in [-0.4, -0.2) is 21.0 Å². The summed E-state index contributed by atoms with van der Waals surface area (Å²) in [4.78, 5) is 29.6. The number of hydrogen-bond acceptors (Lipinski definition) is 3. The highest BCUT2D eigenvalue weighted by Gasteiger charge is 2.12. The van der Waals surface area contributed by atoms with Gasteiger partial charge in [-0.15, -0.1) is 0 Å². The fraction of sp³-hybridized carbons (Fsp3) is 0.214. The maximum absolute atomic E-state index is 12.0. The first-order valence-corrected chi connectivity index (χ1v) is 6.43. The largest absolute Gasteiger partial charge is 0.481 e. The Bertz CT molecular complexity index is 710. The van der Waals surface area contributed by atoms with E-state index in [1.807, 2.05) is 0 Å². The van der Waals surface area contributed by atoms with E-state index < -0.39 is 5.97 Å². The van der Waals surface area contributed by atoms with E-state index in [0.717, 1.165) is 0 Å². The van der Waals surface area contributed by atoms with Gasteiger partial charge in [-0.1, -0.05) is 23.7 Å². The number of carboxylic acid groups (broad SMARTS) is 1. The van der Waals surface area contributed by atoms with E-state index in [4.69, 9.17) is 16.7 Å². The van der Waals surface area contributed by atoms with Crippen molar-refractivity contribution >= 4 is 17.6 Å². The number of benzene rings is 1. The van der Waals surface area contributed by atoms with Crippen LogP contribution in [0.25, 0.3) is 11.4 Å². The first-order chi connectivity index (χ1) is 9.49. The Hall–Kier alpha value is -2.14. The lowest BCUT2D eigenvalue weighted by molar-refractivity contribution is -0.136. The molecular weight excluding hydrogens is 280 g/mol. The van der Waals surface area contributed by atoms with Gasteiger partial charge in [-0.3, -0.25) is 9.59 Å². The van der Waals surface area contributed by atoms with E-state index in [1.54, 1.807) is 31.2 Å². The smallest absolute Gasteiger partial charge is 0.303 e. The third-order valence-electron chi connectivity index (χ3n) is 2.94. The van der Waals surface area contributed by atoms with Gasteiger partial charge in [-0.25, -0.2) is 4.98 Å². The first-order valence-electron chi connectivity index (χ1n) is 6.05. The van der Waals surface area contributed by atoms with E-state index in [9.17, 15) is 9.59 Å². The van der Waals surface area contributed by atoms with Gasteiger partial charge in [-0.05, 0) is 25.5 Å². The molecule has 0 unspecified atom stereocenters. The zero-order valence-electron chi connectivity index (χ0n) is 10.8. The highest BCUT2D eigenvalue weighted by Crippen LogP contribution is 2.24. The van der Waals surface area contributed by atoms with Crippen LogP contribution in [-0.2, 0) is 11.2 Å². The van der Waals surface area contributed by atoms with Crippen molar-refractivity contribution in [3.8, 4) is 11.4 Å². The van der Waals surface area contributed by atoms with Crippen molar-refractivity contribution in [3.63, 3.8) is 0 Å². The summed E-state index contributed by atoms with van der Waals surface area (Å²) >= 11 is 6.07. The average molecular weight is 293 g/mol. The van der Waals surface area contributed by atoms with Crippen LogP contribution in [0.3, 0.4) is 0 Å². The topological polar surface area (TPSA) is 83.0 Å². The van der Waals surface area contributed by atoms with Gasteiger partial charge in [0.15, 0.2) is 0 Å². The summed E-state index contributed by atoms with van der Waals surface area (Å²) in [5, 5.41) is 9.17. The van der Waals surface area contributed by atoms with Crippen molar-refractivity contribution in [1.82, 2.24) is 9.97 Å². The number of halogens is 1. The lowest BCUT2D eigenvalue weighted by Gasteiger charge is -2.07. The molecule has 2 rings (SSSR count). The van der Waals surface area contributed by atoms with Crippen molar-refractivity contribution in [2.24, 2.45) is 0 Å². The minimum atomic E-state index is -0.945. The van der Waals surface area contributed by atoms with Gasteiger partial charge >= 0.3 is 5.97 Å². The van der Waals surface area contributed by atoms with Gasteiger partial charge in [0.2, 0.25) is 0 Å². The lowest BCUT2D eigenvalue weighted by atomic mass is 10.1. The van der Waals surface area contributed by atoms with E-state index in [0.29, 0.717) is 27.7 Å². The fourth-order valence-electron chi connectivity index (χ4n) is 1.92. The Balaban J connectivity index is 2.43. The number of nitrogens with zero attached hydrogens (tertiary/aromatic N) is 1. The van der Waals surface area contributed by atoms with Crippen LogP contribution >= 0.6 is 11.6 Å². The molecule has 0 saturated heterocycles. The predicted octanol–water partition coefficient (Wildman–Crippen LogP) is 2.42. The maximum atomic E-state index is 12.0. The number of aryl methyl sites for hydroxylation is 1. The van der Waals surface area contributed by atoms with Crippen LogP contribution in [0.15, 0.2) is 29.1 Å². The molecule has 0 aliphatic rings. The van der Waals surface area contributed by atoms with E-state index in [-0.39, 0.29) is 18.4 Å². The molecule has 6 heteroatoms. The SMILES string of the molecule is Cc1nc(-c2ccccc2Cl)[nH]c(=O)c1CCC(=O)O. The monoisotopic (exact) mass is 292 g/mol. The second-order valence-corrected chi connectivity index (χ2v) is 4.76. The third kappa shape index (κ3) is 3.05. The first kappa shape index (κ1) is 14.3. The van der Waals surface area contributed by atoms with Crippen molar-refractivity contribution in [2.75, 3.05) is 0 Å². The van der Waals surface area contributed by atoms with Crippen molar-refractivity contribution in [1.29, 1.82) is 0 Å². The quantitative estimate of drug-likeness (QED) is 0.906. The van der Waals surface area contributed by atoms with Crippen LogP contribution < -0.4 is 5.56 Å². The normalized spacial score (nSPS) is 10.5. The summed E-state index contributed by atoms with van der Waals surface area (Å²) in [5.74, 6) is -0.559. The van der Waals surface area contributed by atoms with Crippen LogP contribution in [0.4, 0.5) is 0 Å². The molecule has 1 aromatic heterocycles. The minimum absolute atomic E-state index is 0.100. The molecule has 0 aliphatic heterocycles. The molecular formula is C14H13ClN2O3. The van der Waals surface area contributed by atoms with Crippen LogP contribution in [0.1, 0.15) is 17.7 Å². The zero-order chi connectivity index (χ0) is 14.7. The number of hydrogen-bond donors (Lipinski definition) is 2. The molecule has 1 aromatic carbocycles. The van der Waals surface area contributed by atoms with Crippen molar-refractivity contribution < 1.29 is 9.90 Å². The summed E-state index contributed by atoms with van der Waals surface area (Å²) in [7, 11) is 0. The lowest BCUT2D eigenvalue weighted by Crippen LogP contribution is -2.18. The summed E-state index contributed by atoms with van der Waals surface area (Å²) in [6, 6.07) is 7.06. The van der Waals surface area contributed by atoms with Gasteiger partial charge < -0.3 is 10.1 Å². The second-order valence-electron chi connectivity index (χ2n) is 4.35. The highest BCUT2D eigenvalue weighted by atomic mass is 35.5. The Kier molecular flexibility index (Phi) is 4.20. The molecule has 0 atom stereocenters. The number of H-pyrrole nitrogens is 1. The molecule has 0 aliphatic carbocycles. The fourth-order valence-corrected chi connectivity index (χ4v) is 2.14. The van der Waals surface area contributed by atoms with Gasteiger partial charge in [0.1, 0.15) is 5.82 Å². The van der Waals surface area contributed by atoms with E-state index >= 15 is 0 Å². The average Bonchev–Trinajstić information content (AvgIpc) is 2.37. The minimum Gasteiger partial charge on any atom is -0.481 e. The number of carboxylic acids is 1. The molecule has 104 valence electrons. The van der Waals surface area contributed by atoms with Crippen LogP contribution in [0, 0.1) is 6.92 Å². The second kappa shape index (κ2) is 5.88. The molecule has 0 saturated carbocycles. The van der Waals surface area contributed by atoms with Gasteiger partial charge in [0.25, 0.3) is 5.56 Å². The summed E-state index contributed by atoms with van der Waals surface area (Å²) in [6.07, 6.45) is 0.0589. The molecule has 20 heavy (non-hydrogen) atoms. The van der Waals surface area contributed by atoms with Gasteiger partial charge in [0, 0.05) is 23.2 Å². The van der Waals surface area contributed by atoms with Crippen LogP contribution in [0.2, 0.25) is 5.02 Å². The molecule has 0 spiro atoms. The number of aromatic amines is 1. The van der Waals surface area contributed by atoms with E-state index in [2.05, 4.69) is 9.97 Å². The number of aliphatic carboxylic acids is 1. The molecule has 0 bridgehead atoms.